The lowest BCUT2D eigenvalue weighted by atomic mass is 10.2. The van der Waals surface area contributed by atoms with E-state index >= 15 is 0 Å². The van der Waals surface area contributed by atoms with Gasteiger partial charge in [-0.25, -0.2) is 8.42 Å². The van der Waals surface area contributed by atoms with Crippen molar-refractivity contribution in [1.29, 1.82) is 0 Å². The van der Waals surface area contributed by atoms with Gasteiger partial charge in [0.25, 0.3) is 0 Å². The molecule has 1 N–H and O–H groups in total. The molecule has 0 atom stereocenters. The maximum atomic E-state index is 12.2. The largest absolute Gasteiger partial charge is 0.495 e. The molecule has 2 rings (SSSR count). The Morgan fingerprint density at radius 1 is 1.14 bits per heavy atom. The van der Waals surface area contributed by atoms with Crippen LogP contribution in [0.3, 0.4) is 0 Å². The van der Waals surface area contributed by atoms with Crippen LogP contribution in [0.15, 0.2) is 48.5 Å². The summed E-state index contributed by atoms with van der Waals surface area (Å²) in [5.41, 5.74) is 0.453. The Bertz CT molecular complexity index is 903. The van der Waals surface area contributed by atoms with Gasteiger partial charge in [-0.15, -0.1) is 0 Å². The van der Waals surface area contributed by atoms with E-state index in [0.29, 0.717) is 41.8 Å². The first-order valence-electron chi connectivity index (χ1n) is 9.07. The molecule has 9 heteroatoms. The average molecular weight is 441 g/mol. The van der Waals surface area contributed by atoms with E-state index in [1.165, 1.54) is 11.4 Å². The zero-order valence-electron chi connectivity index (χ0n) is 16.4. The third-order valence-corrected chi connectivity index (χ3v) is 5.46. The number of sulfonamides is 1. The van der Waals surface area contributed by atoms with Crippen molar-refractivity contribution in [3.63, 3.8) is 0 Å². The van der Waals surface area contributed by atoms with Crippen molar-refractivity contribution in [2.45, 2.75) is 12.8 Å². The molecule has 0 bridgehead atoms. The highest BCUT2D eigenvalue weighted by molar-refractivity contribution is 7.92. The highest BCUT2D eigenvalue weighted by Crippen LogP contribution is 2.29. The van der Waals surface area contributed by atoms with E-state index in [-0.39, 0.29) is 18.9 Å². The third kappa shape index (κ3) is 7.47. The van der Waals surface area contributed by atoms with Gasteiger partial charge in [0.15, 0.2) is 0 Å². The smallest absolute Gasteiger partial charge is 0.232 e. The minimum atomic E-state index is -3.51. The van der Waals surface area contributed by atoms with E-state index in [4.69, 9.17) is 21.1 Å². The second-order valence-electron chi connectivity index (χ2n) is 6.26. The molecule has 1 amide bonds. The Morgan fingerprint density at radius 3 is 2.48 bits per heavy atom. The number of ether oxygens (including phenoxy) is 2. The highest BCUT2D eigenvalue weighted by Gasteiger charge is 2.20. The molecule has 0 aliphatic heterocycles. The Hall–Kier alpha value is -2.45. The first-order chi connectivity index (χ1) is 13.8. The topological polar surface area (TPSA) is 84.9 Å². The second-order valence-corrected chi connectivity index (χ2v) is 8.61. The highest BCUT2D eigenvalue weighted by atomic mass is 35.5. The van der Waals surface area contributed by atoms with Crippen LogP contribution in [0.4, 0.5) is 5.69 Å². The summed E-state index contributed by atoms with van der Waals surface area (Å²) in [6.07, 6.45) is 1.70. The van der Waals surface area contributed by atoms with Crippen LogP contribution in [-0.4, -0.2) is 47.4 Å². The van der Waals surface area contributed by atoms with E-state index in [0.717, 1.165) is 6.26 Å². The van der Waals surface area contributed by atoms with Crippen molar-refractivity contribution in [3.8, 4) is 11.5 Å². The van der Waals surface area contributed by atoms with Crippen molar-refractivity contribution >= 4 is 33.2 Å². The first kappa shape index (κ1) is 22.8. The molecule has 158 valence electrons. The summed E-state index contributed by atoms with van der Waals surface area (Å²) in [5, 5.41) is 3.38. The number of hydrogen-bond acceptors (Lipinski definition) is 5. The van der Waals surface area contributed by atoms with Crippen LogP contribution in [0.2, 0.25) is 5.02 Å². The molecule has 0 fully saturated rings. The van der Waals surface area contributed by atoms with Crippen molar-refractivity contribution in [1.82, 2.24) is 5.32 Å². The summed E-state index contributed by atoms with van der Waals surface area (Å²) in [6, 6.07) is 13.8. The van der Waals surface area contributed by atoms with Gasteiger partial charge in [0.2, 0.25) is 15.9 Å². The molecular weight excluding hydrogens is 416 g/mol. The molecule has 0 aliphatic carbocycles. The van der Waals surface area contributed by atoms with E-state index in [9.17, 15) is 13.2 Å². The van der Waals surface area contributed by atoms with Crippen molar-refractivity contribution in [3.05, 3.63) is 53.6 Å². The molecule has 0 unspecified atom stereocenters. The van der Waals surface area contributed by atoms with Gasteiger partial charge >= 0.3 is 0 Å². The first-order valence-corrected chi connectivity index (χ1v) is 11.3. The normalized spacial score (nSPS) is 11.0. The fourth-order valence-corrected chi connectivity index (χ4v) is 3.76. The van der Waals surface area contributed by atoms with Gasteiger partial charge in [0.05, 0.1) is 25.6 Å². The van der Waals surface area contributed by atoms with Crippen molar-refractivity contribution in [2.24, 2.45) is 0 Å². The van der Waals surface area contributed by atoms with Crippen LogP contribution in [0.1, 0.15) is 12.8 Å². The van der Waals surface area contributed by atoms with E-state index in [2.05, 4.69) is 5.32 Å². The Balaban J connectivity index is 1.78. The zero-order chi connectivity index (χ0) is 21.3. The number of amides is 1. The van der Waals surface area contributed by atoms with Crippen LogP contribution in [-0.2, 0) is 14.8 Å². The fraction of sp³-hybridized carbons (Fsp3) is 0.350. The van der Waals surface area contributed by atoms with Crippen molar-refractivity contribution < 1.29 is 22.7 Å². The summed E-state index contributed by atoms with van der Waals surface area (Å²) < 4.78 is 36.4. The molecule has 7 nitrogen and oxygen atoms in total. The van der Waals surface area contributed by atoms with Crippen LogP contribution >= 0.6 is 11.6 Å². The Labute approximate surface area is 176 Å². The van der Waals surface area contributed by atoms with Gasteiger partial charge in [-0.1, -0.05) is 23.7 Å². The van der Waals surface area contributed by atoms with Crippen LogP contribution < -0.4 is 19.1 Å². The molecule has 29 heavy (non-hydrogen) atoms. The average Bonchev–Trinajstić information content (AvgIpc) is 2.69. The summed E-state index contributed by atoms with van der Waals surface area (Å²) in [7, 11) is -2.03. The van der Waals surface area contributed by atoms with Gasteiger partial charge in [0.1, 0.15) is 18.1 Å². The number of carbonyl (C=O) groups excluding carboxylic acids is 1. The van der Waals surface area contributed by atoms with E-state index in [1.54, 1.807) is 48.5 Å². The van der Waals surface area contributed by atoms with Gasteiger partial charge in [-0.05, 0) is 42.8 Å². The number of para-hydroxylation sites is 2. The predicted octanol–water partition coefficient (Wildman–Crippen LogP) is 3.09. The molecule has 0 saturated carbocycles. The summed E-state index contributed by atoms with van der Waals surface area (Å²) in [6.45, 7) is 0.849. The zero-order valence-corrected chi connectivity index (χ0v) is 18.0. The van der Waals surface area contributed by atoms with E-state index in [1.807, 2.05) is 0 Å². The molecule has 0 aliphatic rings. The van der Waals surface area contributed by atoms with Gasteiger partial charge in [-0.3, -0.25) is 9.10 Å². The second kappa shape index (κ2) is 10.9. The molecule has 0 aromatic heterocycles. The number of nitrogens with one attached hydrogen (secondary N) is 1. The molecule has 2 aromatic rings. The molecular formula is C20H25ClN2O5S. The van der Waals surface area contributed by atoms with Gasteiger partial charge < -0.3 is 14.8 Å². The van der Waals surface area contributed by atoms with Gasteiger partial charge in [-0.2, -0.15) is 0 Å². The van der Waals surface area contributed by atoms with Crippen LogP contribution in [0, 0.1) is 0 Å². The van der Waals surface area contributed by atoms with Crippen molar-refractivity contribution in [2.75, 3.05) is 37.4 Å². The summed E-state index contributed by atoms with van der Waals surface area (Å²) in [4.78, 5) is 12.0. The lowest BCUT2D eigenvalue weighted by Gasteiger charge is -2.24. The number of carbonyl (C=O) groups is 1. The molecule has 0 radical (unpaired) electrons. The number of halogens is 1. The predicted molar refractivity (Wildman–Crippen MR) is 114 cm³/mol. The SMILES string of the molecule is COc1ccccc1N(CCCC(=O)NCCOc1ccc(Cl)cc1)S(C)(=O)=O. The third-order valence-electron chi connectivity index (χ3n) is 4.03. The van der Waals surface area contributed by atoms with Crippen LogP contribution in [0.5, 0.6) is 11.5 Å². The Kier molecular flexibility index (Phi) is 8.60. The summed E-state index contributed by atoms with van der Waals surface area (Å²) >= 11 is 5.81. The molecule has 2 aromatic carbocycles. The monoisotopic (exact) mass is 440 g/mol. The maximum absolute atomic E-state index is 12.2. The Morgan fingerprint density at radius 2 is 1.83 bits per heavy atom. The fourth-order valence-electron chi connectivity index (χ4n) is 2.66. The summed E-state index contributed by atoms with van der Waals surface area (Å²) in [5.74, 6) is 0.962. The number of hydrogen-bond donors (Lipinski definition) is 1. The number of rotatable bonds is 11. The standard InChI is InChI=1S/C20H25ClN2O5S/c1-27-19-7-4-3-6-18(19)23(29(2,25)26)14-5-8-20(24)22-13-15-28-17-11-9-16(21)10-12-17/h3-4,6-7,9-12H,5,8,13-15H2,1-2H3,(H,22,24). The van der Waals surface area contributed by atoms with Crippen LogP contribution in [0.25, 0.3) is 0 Å². The number of anilines is 1. The number of nitrogens with zero attached hydrogens (tertiary/aromatic N) is 1. The number of benzene rings is 2. The maximum Gasteiger partial charge on any atom is 0.232 e. The van der Waals surface area contributed by atoms with E-state index < -0.39 is 10.0 Å². The lowest BCUT2D eigenvalue weighted by Crippen LogP contribution is -2.33. The lowest BCUT2D eigenvalue weighted by molar-refractivity contribution is -0.121. The molecule has 0 heterocycles. The molecule has 0 saturated heterocycles. The number of methoxy groups -OCH3 is 1. The minimum Gasteiger partial charge on any atom is -0.495 e. The van der Waals surface area contributed by atoms with Gasteiger partial charge in [0, 0.05) is 18.0 Å². The molecule has 0 spiro atoms. The minimum absolute atomic E-state index is 0.168. The quantitative estimate of drug-likeness (QED) is 0.543.